The van der Waals surface area contributed by atoms with E-state index in [1.54, 1.807) is 0 Å². The molecule has 1 aliphatic carbocycles. The van der Waals surface area contributed by atoms with Gasteiger partial charge in [0.2, 0.25) is 0 Å². The molecule has 1 heterocycles. The first kappa shape index (κ1) is 25.2. The average molecular weight is 523 g/mol. The summed E-state index contributed by atoms with van der Waals surface area (Å²) in [5.74, 6) is 3.18. The van der Waals surface area contributed by atoms with E-state index in [0.717, 1.165) is 28.6 Å². The predicted molar refractivity (Wildman–Crippen MR) is 98.7 cm³/mol. The Bertz CT molecular complexity index is 903. The molecule has 10 heteroatoms. The Balaban J connectivity index is 0.000000271. The van der Waals surface area contributed by atoms with Crippen LogP contribution < -0.4 is 9.47 Å². The molecule has 0 saturated heterocycles. The van der Waals surface area contributed by atoms with Crippen molar-refractivity contribution in [3.63, 3.8) is 0 Å². The number of hydrogen-bond donors (Lipinski definition) is 0. The van der Waals surface area contributed by atoms with Crippen LogP contribution in [0.25, 0.3) is 0 Å². The molecule has 0 spiro atoms. The van der Waals surface area contributed by atoms with Crippen LogP contribution in [0.1, 0.15) is 11.1 Å². The Morgan fingerprint density at radius 3 is 1.59 bits per heavy atom. The molecular formula is C19H17F6O2PRu. The third kappa shape index (κ3) is 9.95. The molecule has 29 heavy (non-hydrogen) atoms. The second-order valence-corrected chi connectivity index (χ2v) is 7.82. The number of aryl methyl sites for hydroxylation is 1. The summed E-state index contributed by atoms with van der Waals surface area (Å²) in [5, 5.41) is 0. The maximum Gasteiger partial charge on any atom is 1.00 e. The van der Waals surface area contributed by atoms with E-state index in [1.165, 1.54) is 5.56 Å². The first-order valence-corrected chi connectivity index (χ1v) is 10.0. The van der Waals surface area contributed by atoms with Crippen molar-refractivity contribution in [3.05, 3.63) is 78.3 Å². The summed E-state index contributed by atoms with van der Waals surface area (Å²) in [7, 11) is -10.7. The molecule has 2 aromatic rings. The molecule has 0 fully saturated rings. The Morgan fingerprint density at radius 2 is 1.14 bits per heavy atom. The van der Waals surface area contributed by atoms with Crippen molar-refractivity contribution >= 4 is 7.81 Å². The topological polar surface area (TPSA) is 18.5 Å². The number of para-hydroxylation sites is 2. The van der Waals surface area contributed by atoms with Crippen LogP contribution in [0.15, 0.2) is 60.7 Å². The third-order valence-electron chi connectivity index (χ3n) is 3.48. The summed E-state index contributed by atoms with van der Waals surface area (Å²) in [6, 6.07) is 11.7. The van der Waals surface area contributed by atoms with E-state index in [9.17, 15) is 25.2 Å². The van der Waals surface area contributed by atoms with Gasteiger partial charge in [-0.3, -0.25) is 0 Å². The standard InChI is InChI=1S/C14H12O2.C5H5.F6P.Ru/c1-9-7-8-13-14(10(9)2)16-12-6-4-3-5-11(12)15-13;1-2-4-5-3-1;1-7(2,3,4,5)6;/h3-8H,1-2H3;1-5H;;/q;;-1;+1. The summed E-state index contributed by atoms with van der Waals surface area (Å²) in [6.45, 7) is 4.12. The normalized spacial score (nSPS) is 15.3. The fraction of sp³-hybridized carbons (Fsp3) is 0.105. The van der Waals surface area contributed by atoms with Crippen LogP contribution in [0.3, 0.4) is 0 Å². The number of benzene rings is 2. The van der Waals surface area contributed by atoms with Crippen LogP contribution >= 0.6 is 7.81 Å². The van der Waals surface area contributed by atoms with E-state index >= 15 is 0 Å². The van der Waals surface area contributed by atoms with Gasteiger partial charge in [-0.1, -0.05) is 42.5 Å². The Kier molecular flexibility index (Phi) is 7.37. The van der Waals surface area contributed by atoms with Crippen molar-refractivity contribution < 1.29 is 54.1 Å². The van der Waals surface area contributed by atoms with Gasteiger partial charge in [-0.2, -0.15) is 0 Å². The monoisotopic (exact) mass is 524 g/mol. The maximum atomic E-state index is 9.87. The molecule has 0 amide bonds. The van der Waals surface area contributed by atoms with Crippen molar-refractivity contribution in [3.8, 4) is 23.0 Å². The van der Waals surface area contributed by atoms with Gasteiger partial charge in [0, 0.05) is 6.42 Å². The third-order valence-corrected chi connectivity index (χ3v) is 3.48. The first-order valence-electron chi connectivity index (χ1n) is 7.99. The molecule has 2 nitrogen and oxygen atoms in total. The Labute approximate surface area is 177 Å². The molecule has 1 aliphatic heterocycles. The molecule has 0 unspecified atom stereocenters. The molecule has 2 aromatic carbocycles. The number of rotatable bonds is 0. The van der Waals surface area contributed by atoms with Crippen LogP contribution in [-0.2, 0) is 19.5 Å². The second-order valence-electron chi connectivity index (χ2n) is 5.91. The van der Waals surface area contributed by atoms with Crippen molar-refractivity contribution in [2.75, 3.05) is 0 Å². The molecule has 4 rings (SSSR count). The number of hydrogen-bond acceptors (Lipinski definition) is 2. The van der Waals surface area contributed by atoms with Gasteiger partial charge in [-0.05, 0) is 43.2 Å². The van der Waals surface area contributed by atoms with Crippen molar-refractivity contribution in [2.45, 2.75) is 13.8 Å². The fourth-order valence-corrected chi connectivity index (χ4v) is 2.14. The minimum absolute atomic E-state index is 0. The number of fused-ring (bicyclic) bond motifs is 2. The predicted octanol–water partition coefficient (Wildman–Crippen LogP) is 8.90. The number of allylic oxidation sites excluding steroid dienone is 4. The van der Waals surface area contributed by atoms with Crippen LogP contribution in [0.5, 0.6) is 23.0 Å². The second kappa shape index (κ2) is 8.49. The van der Waals surface area contributed by atoms with Gasteiger partial charge >= 0.3 is 52.5 Å². The van der Waals surface area contributed by atoms with Crippen LogP contribution in [0, 0.1) is 20.3 Å². The molecule has 160 valence electrons. The largest absolute Gasteiger partial charge is 1.00 e. The van der Waals surface area contributed by atoms with E-state index in [2.05, 4.69) is 6.92 Å². The first-order chi connectivity index (χ1) is 12.7. The van der Waals surface area contributed by atoms with Gasteiger partial charge in [-0.15, -0.1) is 0 Å². The van der Waals surface area contributed by atoms with Crippen molar-refractivity contribution in [1.29, 1.82) is 0 Å². The van der Waals surface area contributed by atoms with Gasteiger partial charge in [-0.25, -0.2) is 0 Å². The summed E-state index contributed by atoms with van der Waals surface area (Å²) in [6.07, 6.45) is 10.0. The smallest absolute Gasteiger partial charge is 0.0767 e. The summed E-state index contributed by atoms with van der Waals surface area (Å²) in [5.41, 5.74) is 2.34. The van der Waals surface area contributed by atoms with Crippen LogP contribution in [0.4, 0.5) is 25.2 Å². The SMILES string of the molecule is Cc1ccc2c(c1C)Oc1ccccc1O2.F[P-](F)(F)(F)(F)F.[CH]1C=CC=C1.[Ru+]. The summed E-state index contributed by atoms with van der Waals surface area (Å²) >= 11 is 0. The number of halogens is 6. The molecule has 0 saturated carbocycles. The zero-order valence-electron chi connectivity index (χ0n) is 15.2. The molecule has 0 bridgehead atoms. The quantitative estimate of drug-likeness (QED) is 0.166. The summed E-state index contributed by atoms with van der Waals surface area (Å²) < 4.78 is 70.8. The minimum atomic E-state index is -10.7. The zero-order valence-corrected chi connectivity index (χ0v) is 17.9. The van der Waals surface area contributed by atoms with Crippen LogP contribution in [0.2, 0.25) is 0 Å². The molecular weight excluding hydrogens is 506 g/mol. The maximum absolute atomic E-state index is 10.7. The number of ether oxygens (including phenoxy) is 2. The summed E-state index contributed by atoms with van der Waals surface area (Å²) in [4.78, 5) is 0. The van der Waals surface area contributed by atoms with E-state index in [0.29, 0.717) is 0 Å². The van der Waals surface area contributed by atoms with E-state index in [1.807, 2.05) is 74.0 Å². The molecule has 2 radical (unpaired) electrons. The minimum Gasteiger partial charge on any atom is -0.0767 e. The van der Waals surface area contributed by atoms with Crippen molar-refractivity contribution in [2.24, 2.45) is 0 Å². The molecule has 0 aromatic heterocycles. The average Bonchev–Trinajstić information content (AvgIpc) is 3.14. The van der Waals surface area contributed by atoms with Gasteiger partial charge < -0.3 is 9.47 Å². The van der Waals surface area contributed by atoms with Gasteiger partial charge in [0.1, 0.15) is 0 Å². The Hall–Kier alpha value is -1.85. The van der Waals surface area contributed by atoms with Gasteiger partial charge in [0.15, 0.2) is 23.0 Å². The Morgan fingerprint density at radius 1 is 0.655 bits per heavy atom. The zero-order chi connectivity index (χ0) is 21.1. The van der Waals surface area contributed by atoms with E-state index in [4.69, 9.17) is 9.47 Å². The fourth-order valence-electron chi connectivity index (χ4n) is 2.14. The van der Waals surface area contributed by atoms with Gasteiger partial charge in [0.25, 0.3) is 0 Å². The van der Waals surface area contributed by atoms with Crippen molar-refractivity contribution in [1.82, 2.24) is 0 Å². The molecule has 2 aliphatic rings. The van der Waals surface area contributed by atoms with Gasteiger partial charge in [0.05, 0.1) is 0 Å². The van der Waals surface area contributed by atoms with Crippen LogP contribution in [-0.4, -0.2) is 0 Å². The van der Waals surface area contributed by atoms with E-state index in [-0.39, 0.29) is 19.5 Å². The molecule has 0 atom stereocenters. The van der Waals surface area contributed by atoms with E-state index < -0.39 is 7.81 Å². The molecule has 0 N–H and O–H groups in total.